The fourth-order valence-electron chi connectivity index (χ4n) is 5.16. The molecule has 0 unspecified atom stereocenters. The number of likely N-dealkylation sites (tertiary alicyclic amines) is 1. The second kappa shape index (κ2) is 13.5. The Kier molecular flexibility index (Phi) is 9.29. The average Bonchev–Trinajstić information content (AvgIpc) is 3.02. The quantitative estimate of drug-likeness (QED) is 0.481. The zero-order valence-electron chi connectivity index (χ0n) is 24.1. The van der Waals surface area contributed by atoms with Crippen LogP contribution in [0.2, 0.25) is 0 Å². The molecule has 0 spiro atoms. The summed E-state index contributed by atoms with van der Waals surface area (Å²) < 4.78 is 36.5. The van der Waals surface area contributed by atoms with Gasteiger partial charge in [0, 0.05) is 38.0 Å². The number of ether oxygens (including phenoxy) is 4. The lowest BCUT2D eigenvalue weighted by molar-refractivity contribution is -0.125. The van der Waals surface area contributed by atoms with Gasteiger partial charge in [-0.2, -0.15) is 0 Å². The predicted octanol–water partition coefficient (Wildman–Crippen LogP) is 3.26. The summed E-state index contributed by atoms with van der Waals surface area (Å²) in [6.45, 7) is 0.610. The van der Waals surface area contributed by atoms with Crippen molar-refractivity contribution >= 4 is 17.7 Å². The van der Waals surface area contributed by atoms with Crippen LogP contribution < -0.4 is 29.6 Å². The van der Waals surface area contributed by atoms with Crippen LogP contribution in [0.25, 0.3) is 0 Å². The van der Waals surface area contributed by atoms with E-state index >= 15 is 0 Å². The van der Waals surface area contributed by atoms with Gasteiger partial charge in [-0.3, -0.25) is 14.4 Å². The van der Waals surface area contributed by atoms with Gasteiger partial charge in [-0.05, 0) is 60.0 Å². The maximum Gasteiger partial charge on any atom is 0.258 e. The van der Waals surface area contributed by atoms with Crippen LogP contribution in [0.15, 0.2) is 60.7 Å². The van der Waals surface area contributed by atoms with E-state index in [2.05, 4.69) is 10.6 Å². The van der Waals surface area contributed by atoms with Crippen LogP contribution in [0.1, 0.15) is 34.3 Å². The lowest BCUT2D eigenvalue weighted by atomic mass is 10.0. The number of rotatable bonds is 3. The molecule has 8 rings (SSSR count). The van der Waals surface area contributed by atoms with Gasteiger partial charge in [0.05, 0.1) is 20.3 Å². The first kappa shape index (κ1) is 29.7. The molecule has 10 nitrogen and oxygen atoms in total. The molecule has 3 amide bonds. The minimum Gasteiger partial charge on any atom is -0.494 e. The highest BCUT2D eigenvalue weighted by Crippen LogP contribution is 2.29. The molecule has 1 saturated heterocycles. The molecule has 0 saturated carbocycles. The van der Waals surface area contributed by atoms with Crippen LogP contribution in [0.5, 0.6) is 23.0 Å². The van der Waals surface area contributed by atoms with Crippen LogP contribution in [-0.4, -0.2) is 68.7 Å². The lowest BCUT2D eigenvalue weighted by Crippen LogP contribution is -2.58. The van der Waals surface area contributed by atoms with Crippen molar-refractivity contribution in [2.75, 3.05) is 33.9 Å². The molecule has 0 aromatic heterocycles. The van der Waals surface area contributed by atoms with Crippen molar-refractivity contribution in [2.24, 2.45) is 0 Å². The summed E-state index contributed by atoms with van der Waals surface area (Å²) in [5.41, 5.74) is 2.09. The summed E-state index contributed by atoms with van der Waals surface area (Å²) in [6, 6.07) is 16.1. The smallest absolute Gasteiger partial charge is 0.258 e. The van der Waals surface area contributed by atoms with Crippen molar-refractivity contribution in [1.29, 1.82) is 0 Å². The summed E-state index contributed by atoms with van der Waals surface area (Å²) >= 11 is 0. The van der Waals surface area contributed by atoms with Gasteiger partial charge in [-0.1, -0.05) is 18.2 Å². The molecule has 1 fully saturated rings. The molecule has 0 aliphatic carbocycles. The molecular formula is C32H34FN3O7. The van der Waals surface area contributed by atoms with Gasteiger partial charge in [-0.15, -0.1) is 0 Å². The zero-order chi connectivity index (χ0) is 30.3. The van der Waals surface area contributed by atoms with E-state index < -0.39 is 23.9 Å². The Morgan fingerprint density at radius 1 is 0.930 bits per heavy atom. The zero-order valence-corrected chi connectivity index (χ0v) is 24.1. The van der Waals surface area contributed by atoms with Crippen molar-refractivity contribution in [3.05, 3.63) is 83.2 Å². The number of aryl methyl sites for hydroxylation is 1. The lowest BCUT2D eigenvalue weighted by Gasteiger charge is -2.39. The van der Waals surface area contributed by atoms with Gasteiger partial charge in [0.25, 0.3) is 11.8 Å². The number of halogens is 1. The molecule has 226 valence electrons. The minimum absolute atomic E-state index is 0.0245. The minimum atomic E-state index is -0.565. The fraction of sp³-hybridized carbons (Fsp3) is 0.344. The first-order valence-corrected chi connectivity index (χ1v) is 14.1. The molecule has 5 heterocycles. The number of piperidine rings is 1. The maximum absolute atomic E-state index is 14.0. The van der Waals surface area contributed by atoms with Crippen molar-refractivity contribution in [2.45, 2.75) is 38.0 Å². The van der Waals surface area contributed by atoms with Crippen LogP contribution in [-0.2, 0) is 22.6 Å². The topological polar surface area (TPSA) is 115 Å². The summed E-state index contributed by atoms with van der Waals surface area (Å²) in [7, 11) is 2.85. The third kappa shape index (κ3) is 7.35. The molecule has 3 aromatic carbocycles. The Morgan fingerprint density at radius 3 is 2.47 bits per heavy atom. The second-order valence-electron chi connectivity index (χ2n) is 10.4. The number of carbonyl (C=O) groups is 3. The standard InChI is InChI=1S/C32H34FN3O7/c1-40-28-16-22(7-10-24(28)33)32(39)36-14-13-26-25(18-36)35-31(38)19-42-27-11-5-20(15-29(27)41-2)6-12-30(37)34-17-21-3-8-23(43-26)9-4-21/h3-5,7-11,15-16,25-26H,6,12-14,17-19H2,1-2H3,(H,34,37)(H,35,38)/t25-,26-/m1/s1. The van der Waals surface area contributed by atoms with E-state index in [9.17, 15) is 18.8 Å². The molecule has 43 heavy (non-hydrogen) atoms. The molecule has 2 atom stereocenters. The van der Waals surface area contributed by atoms with Crippen molar-refractivity contribution in [3.63, 3.8) is 0 Å². The van der Waals surface area contributed by atoms with Gasteiger partial charge in [0.15, 0.2) is 29.7 Å². The molecule has 5 aliphatic rings. The Morgan fingerprint density at radius 2 is 1.70 bits per heavy atom. The number of hydrogen-bond donors (Lipinski definition) is 2. The second-order valence-corrected chi connectivity index (χ2v) is 10.4. The van der Waals surface area contributed by atoms with Gasteiger partial charge in [0.1, 0.15) is 11.9 Å². The molecule has 4 bridgehead atoms. The molecule has 11 heteroatoms. The SMILES string of the molecule is COc1cc(C(=O)N2CC[C@H]3Oc4ccc(cc4)CNC(=O)CCc4ccc(c(OC)c4)OCC(=O)N[C@@H]3C2)ccc1F. The van der Waals surface area contributed by atoms with Crippen LogP contribution in [0.3, 0.4) is 0 Å². The van der Waals surface area contributed by atoms with Crippen molar-refractivity contribution in [3.8, 4) is 23.0 Å². The van der Waals surface area contributed by atoms with E-state index in [1.807, 2.05) is 30.3 Å². The predicted molar refractivity (Wildman–Crippen MR) is 155 cm³/mol. The number of carbonyl (C=O) groups excluding carboxylic acids is 3. The van der Waals surface area contributed by atoms with Crippen molar-refractivity contribution in [1.82, 2.24) is 15.5 Å². The van der Waals surface area contributed by atoms with Crippen LogP contribution in [0, 0.1) is 5.82 Å². The van der Waals surface area contributed by atoms with E-state index in [0.717, 1.165) is 11.1 Å². The summed E-state index contributed by atoms with van der Waals surface area (Å²) in [5, 5.41) is 5.92. The Hall–Kier alpha value is -4.80. The number of amides is 3. The van der Waals surface area contributed by atoms with E-state index in [4.69, 9.17) is 18.9 Å². The number of methoxy groups -OCH3 is 2. The highest BCUT2D eigenvalue weighted by molar-refractivity contribution is 5.94. The van der Waals surface area contributed by atoms with E-state index in [1.54, 1.807) is 17.0 Å². The van der Waals surface area contributed by atoms with Crippen LogP contribution >= 0.6 is 0 Å². The van der Waals surface area contributed by atoms with E-state index in [0.29, 0.717) is 49.6 Å². The van der Waals surface area contributed by atoms with Gasteiger partial charge >= 0.3 is 0 Å². The first-order chi connectivity index (χ1) is 20.8. The summed E-state index contributed by atoms with van der Waals surface area (Å²) in [4.78, 5) is 40.5. The normalized spacial score (nSPS) is 19.3. The average molecular weight is 592 g/mol. The molecule has 0 radical (unpaired) electrons. The fourth-order valence-corrected chi connectivity index (χ4v) is 5.16. The molecule has 2 N–H and O–H groups in total. The van der Waals surface area contributed by atoms with Crippen LogP contribution in [0.4, 0.5) is 4.39 Å². The van der Waals surface area contributed by atoms with Crippen molar-refractivity contribution < 1.29 is 37.7 Å². The molecular weight excluding hydrogens is 557 g/mol. The maximum atomic E-state index is 14.0. The molecule has 3 aromatic rings. The highest BCUT2D eigenvalue weighted by atomic mass is 19.1. The third-order valence-electron chi connectivity index (χ3n) is 7.51. The summed E-state index contributed by atoms with van der Waals surface area (Å²) in [6.07, 6.45) is 0.812. The Bertz CT molecular complexity index is 1480. The highest BCUT2D eigenvalue weighted by Gasteiger charge is 2.35. The van der Waals surface area contributed by atoms with Gasteiger partial charge < -0.3 is 34.5 Å². The van der Waals surface area contributed by atoms with Gasteiger partial charge in [0.2, 0.25) is 5.91 Å². The monoisotopic (exact) mass is 591 g/mol. The number of nitrogens with one attached hydrogen (secondary N) is 2. The van der Waals surface area contributed by atoms with E-state index in [-0.39, 0.29) is 36.3 Å². The largest absolute Gasteiger partial charge is 0.494 e. The summed E-state index contributed by atoms with van der Waals surface area (Å²) in [5.74, 6) is 0.0556. The Labute approximate surface area is 249 Å². The number of hydrogen-bond acceptors (Lipinski definition) is 7. The van der Waals surface area contributed by atoms with Gasteiger partial charge in [-0.25, -0.2) is 4.39 Å². The number of nitrogens with zero attached hydrogens (tertiary/aromatic N) is 1. The first-order valence-electron chi connectivity index (χ1n) is 14.1. The van der Waals surface area contributed by atoms with E-state index in [1.165, 1.54) is 32.4 Å². The third-order valence-corrected chi connectivity index (χ3v) is 7.51. The number of benzene rings is 3. The Balaban J connectivity index is 1.38. The molecule has 5 aliphatic heterocycles.